The van der Waals surface area contributed by atoms with Gasteiger partial charge in [-0.1, -0.05) is 0 Å². The molecule has 0 saturated heterocycles. The fourth-order valence-corrected chi connectivity index (χ4v) is 7.33. The van der Waals surface area contributed by atoms with E-state index < -0.39 is 108 Å². The van der Waals surface area contributed by atoms with Gasteiger partial charge in [-0.15, -0.1) is 26.9 Å². The van der Waals surface area contributed by atoms with Crippen molar-refractivity contribution in [2.75, 3.05) is 24.0 Å². The third kappa shape index (κ3) is 9.71. The Morgan fingerprint density at radius 1 is 0.745 bits per heavy atom. The fourth-order valence-electron chi connectivity index (χ4n) is 3.49. The number of nitrogens with zero attached hydrogens (tertiary/aromatic N) is 4. The molecule has 0 spiro atoms. The van der Waals surface area contributed by atoms with Gasteiger partial charge in [0.1, 0.15) is 22.0 Å². The summed E-state index contributed by atoms with van der Waals surface area (Å²) in [5.41, 5.74) is -3.18. The molecule has 0 saturated carbocycles. The van der Waals surface area contributed by atoms with Gasteiger partial charge in [0.05, 0.1) is 39.2 Å². The van der Waals surface area contributed by atoms with Gasteiger partial charge in [-0.05, 0) is 48.5 Å². The molecule has 0 aliphatic rings. The molecule has 0 unspecified atom stereocenters. The Hall–Kier alpha value is -4.10. The number of hydrogen-bond donors (Lipinski definition) is 5. The number of carboxylic acids is 1. The lowest BCUT2D eigenvalue weighted by Gasteiger charge is -2.09. The second-order valence-corrected chi connectivity index (χ2v) is 15.9. The van der Waals surface area contributed by atoms with Gasteiger partial charge in [0.2, 0.25) is 0 Å². The zero-order chi connectivity index (χ0) is 35.4. The van der Waals surface area contributed by atoms with Gasteiger partial charge in [-0.3, -0.25) is 9.11 Å². The highest BCUT2D eigenvalue weighted by Crippen LogP contribution is 2.47. The number of alkyl halides is 1. The van der Waals surface area contributed by atoms with E-state index in [2.05, 4.69) is 24.6 Å². The summed E-state index contributed by atoms with van der Waals surface area (Å²) in [5, 5.41) is 45.1. The number of sulfone groups is 2. The van der Waals surface area contributed by atoms with E-state index in [1.165, 1.54) is 0 Å². The number of hydrogen-bond acceptors (Lipinski definition) is 16. The summed E-state index contributed by atoms with van der Waals surface area (Å²) in [6, 6.07) is 7.23. The monoisotopic (exact) mass is 756 g/mol. The molecule has 0 aromatic heterocycles. The second-order valence-electron chi connectivity index (χ2n) is 8.87. The number of aromatic carboxylic acids is 1. The van der Waals surface area contributed by atoms with Crippen molar-refractivity contribution in [1.29, 1.82) is 0 Å². The number of aromatic hydroxyl groups is 2. The standard InChI is InChI=1S/C23H21ClN4O15S4/c24-7-9-44(33,34)15-5-6-17(19(11-15)46(37,38)39)26-28-21-18(29)12-16(23(31)32)20(22(21)30)27-25-13-1-3-14(4-2-13)45(35,36)10-8-43-47(40,41)42/h1-6,11-12,29-30H,7-10H2,(H,31,32)(H,37,38,39)(H,40,41,42). The summed E-state index contributed by atoms with van der Waals surface area (Å²) < 4.78 is 117. The number of phenolic OH excluding ortho intramolecular Hbond substituents is 2. The van der Waals surface area contributed by atoms with Crippen LogP contribution in [0.2, 0.25) is 0 Å². The normalized spacial score (nSPS) is 13.0. The van der Waals surface area contributed by atoms with Crippen molar-refractivity contribution in [2.24, 2.45) is 20.5 Å². The Morgan fingerprint density at radius 3 is 1.87 bits per heavy atom. The van der Waals surface area contributed by atoms with Crippen LogP contribution in [-0.2, 0) is 44.4 Å². The molecular weight excluding hydrogens is 736 g/mol. The van der Waals surface area contributed by atoms with Crippen molar-refractivity contribution < 1.29 is 67.1 Å². The summed E-state index contributed by atoms with van der Waals surface area (Å²) in [5.74, 6) is -5.51. The first-order valence-corrected chi connectivity index (χ1v) is 18.8. The third-order valence-corrected chi connectivity index (χ3v) is 10.8. The van der Waals surface area contributed by atoms with Crippen LogP contribution in [0.4, 0.5) is 22.7 Å². The third-order valence-electron chi connectivity index (χ3n) is 5.68. The summed E-state index contributed by atoms with van der Waals surface area (Å²) in [6.07, 6.45) is 0. The first kappa shape index (κ1) is 37.4. The van der Waals surface area contributed by atoms with Crippen molar-refractivity contribution in [1.82, 2.24) is 0 Å². The fraction of sp³-hybridized carbons (Fsp3) is 0.174. The van der Waals surface area contributed by atoms with Gasteiger partial charge in [0, 0.05) is 5.88 Å². The Labute approximate surface area is 271 Å². The van der Waals surface area contributed by atoms with Gasteiger partial charge in [-0.25, -0.2) is 25.8 Å². The maximum Gasteiger partial charge on any atom is 0.397 e. The van der Waals surface area contributed by atoms with E-state index in [4.69, 9.17) is 16.2 Å². The van der Waals surface area contributed by atoms with E-state index in [9.17, 15) is 58.3 Å². The summed E-state index contributed by atoms with van der Waals surface area (Å²) in [6.45, 7) is -0.876. The molecule has 0 aliphatic heterocycles. The number of phenols is 2. The summed E-state index contributed by atoms with van der Waals surface area (Å²) >= 11 is 5.47. The summed E-state index contributed by atoms with van der Waals surface area (Å²) in [4.78, 5) is 9.93. The van der Waals surface area contributed by atoms with Crippen molar-refractivity contribution in [3.8, 4) is 11.5 Å². The van der Waals surface area contributed by atoms with Crippen LogP contribution in [0.25, 0.3) is 0 Å². The average molecular weight is 757 g/mol. The van der Waals surface area contributed by atoms with E-state index in [0.717, 1.165) is 36.4 Å². The van der Waals surface area contributed by atoms with E-state index in [0.29, 0.717) is 12.1 Å². The Kier molecular flexibility index (Phi) is 11.4. The number of carboxylic acid groups (broad SMARTS) is 1. The quantitative estimate of drug-likeness (QED) is 0.0893. The van der Waals surface area contributed by atoms with Crippen molar-refractivity contribution in [2.45, 2.75) is 14.7 Å². The van der Waals surface area contributed by atoms with Gasteiger partial charge in [-0.2, -0.15) is 21.9 Å². The minimum Gasteiger partial charge on any atom is -0.505 e. The molecule has 5 N–H and O–H groups in total. The number of azo groups is 2. The van der Waals surface area contributed by atoms with Crippen LogP contribution < -0.4 is 0 Å². The number of halogens is 1. The van der Waals surface area contributed by atoms with Crippen LogP contribution >= 0.6 is 11.6 Å². The van der Waals surface area contributed by atoms with Crippen LogP contribution in [0.15, 0.2) is 83.7 Å². The van der Waals surface area contributed by atoms with Crippen molar-refractivity contribution >= 4 is 80.5 Å². The lowest BCUT2D eigenvalue weighted by atomic mass is 10.1. The van der Waals surface area contributed by atoms with Crippen LogP contribution in [0.3, 0.4) is 0 Å². The Bertz CT molecular complexity index is 2210. The maximum atomic E-state index is 12.3. The number of rotatable bonds is 14. The average Bonchev–Trinajstić information content (AvgIpc) is 2.95. The molecule has 3 aromatic carbocycles. The van der Waals surface area contributed by atoms with E-state index in [1.54, 1.807) is 0 Å². The molecule has 0 aliphatic carbocycles. The van der Waals surface area contributed by atoms with Crippen molar-refractivity contribution in [3.05, 3.63) is 54.1 Å². The first-order chi connectivity index (χ1) is 21.7. The lowest BCUT2D eigenvalue weighted by molar-refractivity contribution is 0.0696. The van der Waals surface area contributed by atoms with Gasteiger partial charge in [0.25, 0.3) is 10.1 Å². The highest BCUT2D eigenvalue weighted by atomic mass is 35.5. The minimum atomic E-state index is -5.11. The number of carbonyl (C=O) groups is 1. The van der Waals surface area contributed by atoms with Gasteiger partial charge < -0.3 is 15.3 Å². The highest BCUT2D eigenvalue weighted by molar-refractivity contribution is 7.91. The molecular formula is C23H21ClN4O15S4. The number of benzene rings is 3. The molecule has 0 fully saturated rings. The van der Waals surface area contributed by atoms with Gasteiger partial charge >= 0.3 is 16.4 Å². The highest BCUT2D eigenvalue weighted by Gasteiger charge is 2.24. The van der Waals surface area contributed by atoms with E-state index >= 15 is 0 Å². The van der Waals surface area contributed by atoms with Gasteiger partial charge in [0.15, 0.2) is 31.1 Å². The smallest absolute Gasteiger partial charge is 0.397 e. The van der Waals surface area contributed by atoms with E-state index in [1.807, 2.05) is 0 Å². The molecule has 0 amide bonds. The predicted octanol–water partition coefficient (Wildman–Crippen LogP) is 3.48. The molecule has 3 aromatic rings. The molecule has 47 heavy (non-hydrogen) atoms. The molecule has 0 heterocycles. The zero-order valence-electron chi connectivity index (χ0n) is 23.1. The maximum absolute atomic E-state index is 12.3. The largest absolute Gasteiger partial charge is 0.505 e. The Balaban J connectivity index is 2.01. The van der Waals surface area contributed by atoms with Crippen LogP contribution in [0.1, 0.15) is 10.4 Å². The van der Waals surface area contributed by atoms with Crippen molar-refractivity contribution in [3.63, 3.8) is 0 Å². The van der Waals surface area contributed by atoms with Crippen LogP contribution in [0.5, 0.6) is 11.5 Å². The topological polar surface area (TPSA) is 313 Å². The molecule has 254 valence electrons. The summed E-state index contributed by atoms with van der Waals surface area (Å²) in [7, 11) is -18.1. The molecule has 24 heteroatoms. The second kappa shape index (κ2) is 14.3. The molecule has 0 radical (unpaired) electrons. The zero-order valence-corrected chi connectivity index (χ0v) is 27.1. The first-order valence-electron chi connectivity index (χ1n) is 12.2. The Morgan fingerprint density at radius 2 is 1.32 bits per heavy atom. The predicted molar refractivity (Wildman–Crippen MR) is 160 cm³/mol. The lowest BCUT2D eigenvalue weighted by Crippen LogP contribution is -2.15. The molecule has 3 rings (SSSR count). The van der Waals surface area contributed by atoms with Crippen LogP contribution in [-0.4, -0.2) is 88.1 Å². The molecule has 0 atom stereocenters. The minimum absolute atomic E-state index is 0.0906. The van der Waals surface area contributed by atoms with E-state index in [-0.39, 0.29) is 16.5 Å². The van der Waals surface area contributed by atoms with Crippen LogP contribution in [0, 0.1) is 0 Å². The molecule has 0 bridgehead atoms. The molecule has 19 nitrogen and oxygen atoms in total. The SMILES string of the molecule is O=C(O)c1cc(O)c(N=Nc2ccc(S(=O)(=O)CCCl)cc2S(=O)(=O)O)c(O)c1N=Nc1ccc(S(=O)(=O)CCOS(=O)(=O)O)cc1.